The van der Waals surface area contributed by atoms with Crippen molar-refractivity contribution in [3.8, 4) is 0 Å². The summed E-state index contributed by atoms with van der Waals surface area (Å²) in [6.45, 7) is 1.54. The fourth-order valence-corrected chi connectivity index (χ4v) is 1.44. The van der Waals surface area contributed by atoms with Gasteiger partial charge >= 0.3 is 5.97 Å². The smallest absolute Gasteiger partial charge is 0.310 e. The topological polar surface area (TPSA) is 39.2 Å². The van der Waals surface area contributed by atoms with E-state index in [1.165, 1.54) is 7.11 Å². The van der Waals surface area contributed by atoms with Crippen LogP contribution >= 0.6 is 11.6 Å². The minimum absolute atomic E-state index is 0.114. The van der Waals surface area contributed by atoms with Crippen LogP contribution in [0.2, 0.25) is 5.15 Å². The Kier molecular flexibility index (Phi) is 4.18. The highest BCUT2D eigenvalue weighted by Gasteiger charge is 2.19. The Bertz CT molecular complexity index is 410. The van der Waals surface area contributed by atoms with Gasteiger partial charge in [0.2, 0.25) is 0 Å². The molecule has 1 aromatic rings. The summed E-state index contributed by atoms with van der Waals surface area (Å²) in [4.78, 5) is 14.7. The van der Waals surface area contributed by atoms with Crippen LogP contribution in [0.1, 0.15) is 23.1 Å². The zero-order valence-corrected chi connectivity index (χ0v) is 9.52. The molecule has 0 saturated heterocycles. The van der Waals surface area contributed by atoms with Gasteiger partial charge < -0.3 is 4.74 Å². The van der Waals surface area contributed by atoms with E-state index in [-0.39, 0.29) is 22.7 Å². The van der Waals surface area contributed by atoms with Crippen molar-refractivity contribution >= 4 is 17.6 Å². The second kappa shape index (κ2) is 5.21. The minimum Gasteiger partial charge on any atom is -0.469 e. The number of hydrogen-bond acceptors (Lipinski definition) is 3. The Morgan fingerprint density at radius 1 is 1.62 bits per heavy atom. The predicted octanol–water partition coefficient (Wildman–Crippen LogP) is 2.70. The number of carbonyl (C=O) groups is 1. The number of aromatic nitrogens is 1. The summed E-state index contributed by atoms with van der Waals surface area (Å²) in [6, 6.07) is 0. The predicted molar refractivity (Wildman–Crippen MR) is 54.7 cm³/mol. The van der Waals surface area contributed by atoms with Gasteiger partial charge in [0.15, 0.2) is 0 Å². The van der Waals surface area contributed by atoms with Gasteiger partial charge in [-0.05, 0) is 18.1 Å². The molecule has 0 saturated carbocycles. The molecule has 0 aliphatic heterocycles. The highest BCUT2D eigenvalue weighted by molar-refractivity contribution is 6.30. The number of halogens is 3. The number of rotatable bonds is 3. The summed E-state index contributed by atoms with van der Waals surface area (Å²) >= 11 is 5.71. The Hall–Kier alpha value is -1.23. The molecular formula is C10H10ClF2NO2. The maximum absolute atomic E-state index is 12.7. The van der Waals surface area contributed by atoms with Crippen molar-refractivity contribution in [2.75, 3.05) is 7.11 Å². The molecule has 0 radical (unpaired) electrons. The average Bonchev–Trinajstić information content (AvgIpc) is 2.24. The minimum atomic E-state index is -2.69. The second-order valence-electron chi connectivity index (χ2n) is 3.16. The zero-order valence-electron chi connectivity index (χ0n) is 8.76. The van der Waals surface area contributed by atoms with E-state index in [1.807, 2.05) is 0 Å². The molecule has 1 heterocycles. The van der Waals surface area contributed by atoms with Gasteiger partial charge in [0.1, 0.15) is 5.15 Å². The van der Waals surface area contributed by atoms with E-state index in [0.29, 0.717) is 5.56 Å². The van der Waals surface area contributed by atoms with Crippen LogP contribution in [-0.4, -0.2) is 18.1 Å². The summed E-state index contributed by atoms with van der Waals surface area (Å²) < 4.78 is 29.8. The molecule has 0 spiro atoms. The molecule has 0 atom stereocenters. The molecule has 0 aromatic carbocycles. The normalized spacial score (nSPS) is 10.6. The number of carbonyl (C=O) groups excluding carboxylic acids is 1. The van der Waals surface area contributed by atoms with Crippen LogP contribution < -0.4 is 0 Å². The molecule has 3 nitrogen and oxygen atoms in total. The van der Waals surface area contributed by atoms with Crippen LogP contribution in [-0.2, 0) is 16.0 Å². The van der Waals surface area contributed by atoms with Gasteiger partial charge in [0.25, 0.3) is 6.43 Å². The SMILES string of the molecule is COC(=O)Cc1c(C(F)F)cnc(Cl)c1C. The first-order chi connectivity index (χ1) is 7.47. The summed E-state index contributed by atoms with van der Waals surface area (Å²) in [6.07, 6.45) is -1.94. The molecule has 0 aliphatic rings. The van der Waals surface area contributed by atoms with Crippen molar-refractivity contribution in [2.45, 2.75) is 19.8 Å². The molecule has 1 rings (SSSR count). The first kappa shape index (κ1) is 12.8. The van der Waals surface area contributed by atoms with E-state index in [2.05, 4.69) is 9.72 Å². The third-order valence-corrected chi connectivity index (χ3v) is 2.59. The molecule has 0 fully saturated rings. The van der Waals surface area contributed by atoms with E-state index in [4.69, 9.17) is 11.6 Å². The van der Waals surface area contributed by atoms with Crippen molar-refractivity contribution in [1.82, 2.24) is 4.98 Å². The lowest BCUT2D eigenvalue weighted by atomic mass is 10.0. The lowest BCUT2D eigenvalue weighted by Gasteiger charge is -2.11. The van der Waals surface area contributed by atoms with Gasteiger partial charge in [-0.3, -0.25) is 4.79 Å². The van der Waals surface area contributed by atoms with Gasteiger partial charge in [0, 0.05) is 11.8 Å². The third-order valence-electron chi connectivity index (χ3n) is 2.21. The quantitative estimate of drug-likeness (QED) is 0.611. The average molecular weight is 250 g/mol. The lowest BCUT2D eigenvalue weighted by Crippen LogP contribution is -2.10. The Labute approximate surface area is 96.4 Å². The number of hydrogen-bond donors (Lipinski definition) is 0. The molecule has 6 heteroatoms. The molecule has 1 aromatic heterocycles. The first-order valence-electron chi connectivity index (χ1n) is 4.46. The van der Waals surface area contributed by atoms with Gasteiger partial charge in [-0.15, -0.1) is 0 Å². The van der Waals surface area contributed by atoms with Crippen LogP contribution in [0.15, 0.2) is 6.20 Å². The summed E-state index contributed by atoms with van der Waals surface area (Å²) in [5.41, 5.74) is 0.277. The number of alkyl halides is 2. The van der Waals surface area contributed by atoms with E-state index in [9.17, 15) is 13.6 Å². The van der Waals surface area contributed by atoms with Crippen molar-refractivity contribution in [3.05, 3.63) is 28.0 Å². The van der Waals surface area contributed by atoms with Crippen molar-refractivity contribution in [1.29, 1.82) is 0 Å². The van der Waals surface area contributed by atoms with Crippen molar-refractivity contribution in [2.24, 2.45) is 0 Å². The molecular weight excluding hydrogens is 240 g/mol. The maximum atomic E-state index is 12.7. The number of nitrogens with zero attached hydrogens (tertiary/aromatic N) is 1. The molecule has 88 valence electrons. The van der Waals surface area contributed by atoms with E-state index < -0.39 is 12.4 Å². The second-order valence-corrected chi connectivity index (χ2v) is 3.52. The standard InChI is InChI=1S/C10H10ClF2NO2/c1-5-6(3-8(15)16-2)7(10(12)13)4-14-9(5)11/h4,10H,3H2,1-2H3. The van der Waals surface area contributed by atoms with Gasteiger partial charge in [-0.25, -0.2) is 13.8 Å². The van der Waals surface area contributed by atoms with Gasteiger partial charge in [-0.1, -0.05) is 11.6 Å². The van der Waals surface area contributed by atoms with E-state index in [1.54, 1.807) is 6.92 Å². The molecule has 0 unspecified atom stereocenters. The third kappa shape index (κ3) is 2.66. The Morgan fingerprint density at radius 3 is 2.75 bits per heavy atom. The van der Waals surface area contributed by atoms with E-state index >= 15 is 0 Å². The summed E-state index contributed by atoms with van der Waals surface area (Å²) in [5.74, 6) is -0.590. The van der Waals surface area contributed by atoms with Crippen molar-refractivity contribution in [3.63, 3.8) is 0 Å². The van der Waals surface area contributed by atoms with Crippen LogP contribution in [0, 0.1) is 6.92 Å². The number of pyridine rings is 1. The fraction of sp³-hybridized carbons (Fsp3) is 0.400. The molecule has 0 aliphatic carbocycles. The number of methoxy groups -OCH3 is 1. The van der Waals surface area contributed by atoms with E-state index in [0.717, 1.165) is 6.20 Å². The van der Waals surface area contributed by atoms with Crippen LogP contribution in [0.5, 0.6) is 0 Å². The first-order valence-corrected chi connectivity index (χ1v) is 4.84. The molecule has 0 bridgehead atoms. The summed E-state index contributed by atoms with van der Waals surface area (Å²) in [7, 11) is 1.20. The Morgan fingerprint density at radius 2 is 2.25 bits per heavy atom. The summed E-state index contributed by atoms with van der Waals surface area (Å²) in [5, 5.41) is 0.114. The Balaban J connectivity index is 3.20. The number of ether oxygens (including phenoxy) is 1. The lowest BCUT2D eigenvalue weighted by molar-refractivity contribution is -0.139. The van der Waals surface area contributed by atoms with Crippen LogP contribution in [0.3, 0.4) is 0 Å². The van der Waals surface area contributed by atoms with Gasteiger partial charge in [0.05, 0.1) is 13.5 Å². The number of esters is 1. The highest BCUT2D eigenvalue weighted by Crippen LogP contribution is 2.28. The monoisotopic (exact) mass is 249 g/mol. The highest BCUT2D eigenvalue weighted by atomic mass is 35.5. The molecule has 0 N–H and O–H groups in total. The zero-order chi connectivity index (χ0) is 12.3. The fourth-order valence-electron chi connectivity index (χ4n) is 1.28. The van der Waals surface area contributed by atoms with Crippen molar-refractivity contribution < 1.29 is 18.3 Å². The molecule has 0 amide bonds. The van der Waals surface area contributed by atoms with Crippen LogP contribution in [0.4, 0.5) is 8.78 Å². The molecule has 16 heavy (non-hydrogen) atoms. The largest absolute Gasteiger partial charge is 0.469 e. The van der Waals surface area contributed by atoms with Gasteiger partial charge in [-0.2, -0.15) is 0 Å². The maximum Gasteiger partial charge on any atom is 0.310 e. The van der Waals surface area contributed by atoms with Crippen LogP contribution in [0.25, 0.3) is 0 Å².